The minimum atomic E-state index is 0.0794. The van der Waals surface area contributed by atoms with Gasteiger partial charge in [-0.3, -0.25) is 4.79 Å². The van der Waals surface area contributed by atoms with Crippen molar-refractivity contribution in [2.24, 2.45) is 0 Å². The number of hydrogen-bond acceptors (Lipinski definition) is 2. The molecule has 1 rings (SSSR count). The molecular weight excluding hydrogens is 144 g/mol. The van der Waals surface area contributed by atoms with Crippen molar-refractivity contribution in [2.45, 2.75) is 37.9 Å². The Kier molecular flexibility index (Phi) is 2.40. The number of ketones is 1. The molecule has 0 radical (unpaired) electrons. The molecule has 0 spiro atoms. The lowest BCUT2D eigenvalue weighted by atomic mass is 10.3. The molecule has 58 valence electrons. The molecule has 1 fully saturated rings. The molecule has 1 saturated carbocycles. The lowest BCUT2D eigenvalue weighted by molar-refractivity contribution is -0.117. The van der Waals surface area contributed by atoms with Crippen LogP contribution in [0.4, 0.5) is 0 Å². The molecule has 1 aliphatic carbocycles. The Morgan fingerprint density at radius 1 is 1.60 bits per heavy atom. The fourth-order valence-electron chi connectivity index (χ4n) is 1.01. The van der Waals surface area contributed by atoms with Gasteiger partial charge >= 0.3 is 0 Å². The molecular formula is C8H14OS. The first-order valence-corrected chi connectivity index (χ1v) is 4.85. The van der Waals surface area contributed by atoms with Crippen LogP contribution in [0.5, 0.6) is 0 Å². The number of hydrogen-bond donors (Lipinski definition) is 0. The Hall–Kier alpha value is 0.0200. The second-order valence-electron chi connectivity index (χ2n) is 2.90. The van der Waals surface area contributed by atoms with Crippen LogP contribution in [0, 0.1) is 0 Å². The Labute approximate surface area is 66.6 Å². The normalized spacial score (nSPS) is 20.6. The molecule has 0 aromatic heterocycles. The highest BCUT2D eigenvalue weighted by molar-refractivity contribution is 8.01. The van der Waals surface area contributed by atoms with Crippen molar-refractivity contribution in [3.63, 3.8) is 0 Å². The van der Waals surface area contributed by atoms with Crippen molar-refractivity contribution in [1.82, 2.24) is 0 Å². The number of rotatable bonds is 4. The summed E-state index contributed by atoms with van der Waals surface area (Å²) in [7, 11) is 0. The summed E-state index contributed by atoms with van der Waals surface area (Å²) in [4.78, 5) is 11.0. The van der Waals surface area contributed by atoms with Gasteiger partial charge in [0.25, 0.3) is 0 Å². The predicted molar refractivity (Wildman–Crippen MR) is 45.4 cm³/mol. The third-order valence-corrected chi connectivity index (χ3v) is 3.79. The molecule has 0 aromatic rings. The third-order valence-electron chi connectivity index (χ3n) is 1.93. The van der Waals surface area contributed by atoms with E-state index in [0.29, 0.717) is 5.78 Å². The number of carbonyl (C=O) groups is 1. The zero-order valence-corrected chi connectivity index (χ0v) is 7.46. The minimum Gasteiger partial charge on any atom is -0.298 e. The van der Waals surface area contributed by atoms with Gasteiger partial charge in [0, 0.05) is 0 Å². The summed E-state index contributed by atoms with van der Waals surface area (Å²) in [6.07, 6.45) is 3.42. The van der Waals surface area contributed by atoms with Gasteiger partial charge < -0.3 is 0 Å². The summed E-state index contributed by atoms with van der Waals surface area (Å²) < 4.78 is 0.0794. The van der Waals surface area contributed by atoms with Gasteiger partial charge in [0.1, 0.15) is 5.78 Å². The van der Waals surface area contributed by atoms with Crippen molar-refractivity contribution >= 4 is 17.5 Å². The molecule has 1 aliphatic rings. The first kappa shape index (κ1) is 8.12. The van der Waals surface area contributed by atoms with Crippen molar-refractivity contribution in [2.75, 3.05) is 5.75 Å². The molecule has 0 saturated heterocycles. The van der Waals surface area contributed by atoms with E-state index in [9.17, 15) is 4.79 Å². The van der Waals surface area contributed by atoms with Gasteiger partial charge in [-0.25, -0.2) is 0 Å². The zero-order chi connectivity index (χ0) is 7.61. The summed E-state index contributed by atoms with van der Waals surface area (Å²) in [5.74, 6) is 1.52. The van der Waals surface area contributed by atoms with Crippen LogP contribution in [-0.2, 0) is 4.79 Å². The number of thioether (sulfide) groups is 1. The number of Topliss-reactive ketones (excluding diaryl/α,β-unsaturated/α-hetero) is 1. The molecule has 0 aromatic carbocycles. The summed E-state index contributed by atoms with van der Waals surface area (Å²) >= 11 is 1.85. The summed E-state index contributed by atoms with van der Waals surface area (Å²) in [6.45, 7) is 3.87. The monoisotopic (exact) mass is 158 g/mol. The van der Waals surface area contributed by atoms with Gasteiger partial charge in [0.2, 0.25) is 0 Å². The van der Waals surface area contributed by atoms with E-state index in [2.05, 4.69) is 6.92 Å². The van der Waals surface area contributed by atoms with E-state index in [-0.39, 0.29) is 4.75 Å². The van der Waals surface area contributed by atoms with E-state index < -0.39 is 0 Å². The highest BCUT2D eigenvalue weighted by Crippen LogP contribution is 2.49. The van der Waals surface area contributed by atoms with Crippen LogP contribution in [0.15, 0.2) is 0 Å². The van der Waals surface area contributed by atoms with Gasteiger partial charge in [0.15, 0.2) is 0 Å². The lowest BCUT2D eigenvalue weighted by Crippen LogP contribution is -2.14. The Bertz CT molecular complexity index is 138. The van der Waals surface area contributed by atoms with Gasteiger partial charge in [0.05, 0.1) is 4.75 Å². The highest BCUT2D eigenvalue weighted by Gasteiger charge is 2.47. The van der Waals surface area contributed by atoms with E-state index in [1.807, 2.05) is 11.8 Å². The first-order valence-electron chi connectivity index (χ1n) is 3.86. The minimum absolute atomic E-state index is 0.0794. The summed E-state index contributed by atoms with van der Waals surface area (Å²) in [5, 5.41) is 0. The van der Waals surface area contributed by atoms with E-state index in [1.54, 1.807) is 6.92 Å². The van der Waals surface area contributed by atoms with E-state index >= 15 is 0 Å². The molecule has 0 bridgehead atoms. The SMILES string of the molecule is CCCSC1(C(C)=O)CC1. The van der Waals surface area contributed by atoms with E-state index in [4.69, 9.17) is 0 Å². The molecule has 0 unspecified atom stereocenters. The zero-order valence-electron chi connectivity index (χ0n) is 6.64. The second-order valence-corrected chi connectivity index (χ2v) is 4.38. The Morgan fingerprint density at radius 2 is 2.20 bits per heavy atom. The highest BCUT2D eigenvalue weighted by atomic mass is 32.2. The molecule has 0 amide bonds. The smallest absolute Gasteiger partial charge is 0.145 e. The van der Waals surface area contributed by atoms with Crippen LogP contribution >= 0.6 is 11.8 Å². The Balaban J connectivity index is 2.31. The van der Waals surface area contributed by atoms with Crippen LogP contribution in [0.25, 0.3) is 0 Å². The third kappa shape index (κ3) is 1.54. The lowest BCUT2D eigenvalue weighted by Gasteiger charge is -2.08. The van der Waals surface area contributed by atoms with Crippen molar-refractivity contribution in [3.8, 4) is 0 Å². The summed E-state index contributed by atoms with van der Waals surface area (Å²) in [5.41, 5.74) is 0. The largest absolute Gasteiger partial charge is 0.298 e. The quantitative estimate of drug-likeness (QED) is 0.624. The Morgan fingerprint density at radius 3 is 2.50 bits per heavy atom. The van der Waals surface area contributed by atoms with Crippen molar-refractivity contribution in [1.29, 1.82) is 0 Å². The standard InChI is InChI=1S/C8H14OS/c1-3-6-10-8(4-5-8)7(2)9/h3-6H2,1-2H3. The summed E-state index contributed by atoms with van der Waals surface area (Å²) in [6, 6.07) is 0. The average molecular weight is 158 g/mol. The van der Waals surface area contributed by atoms with Crippen LogP contribution < -0.4 is 0 Å². The topological polar surface area (TPSA) is 17.1 Å². The molecule has 0 aliphatic heterocycles. The molecule has 0 N–H and O–H groups in total. The van der Waals surface area contributed by atoms with Gasteiger partial charge in [-0.1, -0.05) is 6.92 Å². The van der Waals surface area contributed by atoms with Crippen LogP contribution in [0.3, 0.4) is 0 Å². The maximum Gasteiger partial charge on any atom is 0.145 e. The van der Waals surface area contributed by atoms with Crippen LogP contribution in [0.1, 0.15) is 33.1 Å². The van der Waals surface area contributed by atoms with Crippen molar-refractivity contribution in [3.05, 3.63) is 0 Å². The molecule has 0 heterocycles. The molecule has 10 heavy (non-hydrogen) atoms. The first-order chi connectivity index (χ1) is 4.71. The van der Waals surface area contributed by atoms with Crippen molar-refractivity contribution < 1.29 is 4.79 Å². The molecule has 1 nitrogen and oxygen atoms in total. The van der Waals surface area contributed by atoms with Crippen LogP contribution in [0.2, 0.25) is 0 Å². The maximum atomic E-state index is 11.0. The van der Waals surface area contributed by atoms with E-state index in [1.165, 1.54) is 6.42 Å². The van der Waals surface area contributed by atoms with Crippen LogP contribution in [-0.4, -0.2) is 16.3 Å². The predicted octanol–water partition coefficient (Wildman–Crippen LogP) is 2.25. The molecule has 0 atom stereocenters. The fraction of sp³-hybridized carbons (Fsp3) is 0.875. The second kappa shape index (κ2) is 2.95. The van der Waals surface area contributed by atoms with Gasteiger partial charge in [-0.05, 0) is 31.9 Å². The number of carbonyl (C=O) groups excluding carboxylic acids is 1. The van der Waals surface area contributed by atoms with Gasteiger partial charge in [-0.15, -0.1) is 11.8 Å². The fourth-order valence-corrected chi connectivity index (χ4v) is 2.20. The average Bonchev–Trinajstić information content (AvgIpc) is 2.64. The maximum absolute atomic E-state index is 11.0. The van der Waals surface area contributed by atoms with E-state index in [0.717, 1.165) is 18.6 Å². The van der Waals surface area contributed by atoms with Gasteiger partial charge in [-0.2, -0.15) is 0 Å². The molecule has 2 heteroatoms.